The van der Waals surface area contributed by atoms with Gasteiger partial charge in [-0.15, -0.1) is 12.3 Å². The van der Waals surface area contributed by atoms with Crippen molar-refractivity contribution in [3.63, 3.8) is 0 Å². The minimum absolute atomic E-state index is 0.268. The van der Waals surface area contributed by atoms with Crippen LogP contribution in [0.3, 0.4) is 0 Å². The van der Waals surface area contributed by atoms with Crippen molar-refractivity contribution >= 4 is 0 Å². The van der Waals surface area contributed by atoms with Crippen LogP contribution in [0.15, 0.2) is 12.1 Å². The van der Waals surface area contributed by atoms with E-state index in [0.717, 1.165) is 5.56 Å². The molecule has 1 aromatic rings. The summed E-state index contributed by atoms with van der Waals surface area (Å²) >= 11 is 0. The van der Waals surface area contributed by atoms with E-state index in [-0.39, 0.29) is 6.04 Å². The summed E-state index contributed by atoms with van der Waals surface area (Å²) in [6.07, 6.45) is 5.98. The zero-order valence-corrected chi connectivity index (χ0v) is 11.9. The molecule has 0 saturated heterocycles. The minimum atomic E-state index is 0.268. The summed E-state index contributed by atoms with van der Waals surface area (Å²) < 4.78 is 15.9. The molecular formula is C15H21NO3. The summed E-state index contributed by atoms with van der Waals surface area (Å²) in [6, 6.07) is 4.12. The Morgan fingerprint density at radius 2 is 1.74 bits per heavy atom. The van der Waals surface area contributed by atoms with E-state index in [1.807, 2.05) is 12.1 Å². The Hall–Kier alpha value is -1.86. The molecule has 0 aromatic heterocycles. The van der Waals surface area contributed by atoms with Crippen LogP contribution in [0.25, 0.3) is 0 Å². The van der Waals surface area contributed by atoms with Gasteiger partial charge in [-0.2, -0.15) is 0 Å². The fourth-order valence-corrected chi connectivity index (χ4v) is 1.78. The molecule has 0 bridgehead atoms. The van der Waals surface area contributed by atoms with Crippen LogP contribution < -0.4 is 19.5 Å². The van der Waals surface area contributed by atoms with Gasteiger partial charge in [0.2, 0.25) is 5.75 Å². The molecule has 4 heteroatoms. The van der Waals surface area contributed by atoms with Crippen molar-refractivity contribution in [3.05, 3.63) is 17.7 Å². The number of hydrogen-bond donors (Lipinski definition) is 1. The molecule has 0 spiro atoms. The topological polar surface area (TPSA) is 39.7 Å². The van der Waals surface area contributed by atoms with E-state index < -0.39 is 0 Å². The molecule has 0 saturated carbocycles. The first-order chi connectivity index (χ1) is 9.15. The fraction of sp³-hybridized carbons (Fsp3) is 0.467. The van der Waals surface area contributed by atoms with Crippen molar-refractivity contribution in [2.24, 2.45) is 0 Å². The first-order valence-corrected chi connectivity index (χ1v) is 6.12. The Bertz CT molecular complexity index is 426. The van der Waals surface area contributed by atoms with E-state index >= 15 is 0 Å². The fourth-order valence-electron chi connectivity index (χ4n) is 1.78. The summed E-state index contributed by atoms with van der Waals surface area (Å²) in [5.74, 6) is 4.55. The highest BCUT2D eigenvalue weighted by Gasteiger charge is 2.13. The van der Waals surface area contributed by atoms with Crippen molar-refractivity contribution in [1.82, 2.24) is 5.32 Å². The normalized spacial score (nSPS) is 11.5. The Morgan fingerprint density at radius 3 is 2.16 bits per heavy atom. The number of terminal acetylenes is 1. The molecule has 1 aromatic carbocycles. The van der Waals surface area contributed by atoms with E-state index in [0.29, 0.717) is 30.2 Å². The maximum absolute atomic E-state index is 5.31. The highest BCUT2D eigenvalue weighted by Crippen LogP contribution is 2.38. The maximum Gasteiger partial charge on any atom is 0.203 e. The average Bonchev–Trinajstić information content (AvgIpc) is 2.44. The van der Waals surface area contributed by atoms with Gasteiger partial charge in [-0.3, -0.25) is 0 Å². The summed E-state index contributed by atoms with van der Waals surface area (Å²) in [5, 5.41) is 3.35. The minimum Gasteiger partial charge on any atom is -0.493 e. The predicted octanol–water partition coefficient (Wildman–Crippen LogP) is 2.21. The smallest absolute Gasteiger partial charge is 0.203 e. The lowest BCUT2D eigenvalue weighted by molar-refractivity contribution is 0.323. The number of benzene rings is 1. The van der Waals surface area contributed by atoms with Crippen LogP contribution in [0.5, 0.6) is 17.2 Å². The van der Waals surface area contributed by atoms with E-state index in [4.69, 9.17) is 20.6 Å². The van der Waals surface area contributed by atoms with Gasteiger partial charge in [0.25, 0.3) is 0 Å². The third-order valence-electron chi connectivity index (χ3n) is 2.80. The van der Waals surface area contributed by atoms with Gasteiger partial charge in [-0.1, -0.05) is 0 Å². The first-order valence-electron chi connectivity index (χ1n) is 6.12. The van der Waals surface area contributed by atoms with E-state index in [9.17, 15) is 0 Å². The van der Waals surface area contributed by atoms with Crippen LogP contribution in [0, 0.1) is 12.3 Å². The summed E-state index contributed by atoms with van der Waals surface area (Å²) in [5.41, 5.74) is 1.05. The van der Waals surface area contributed by atoms with Crippen LogP contribution in [0.2, 0.25) is 0 Å². The molecule has 0 aliphatic rings. The number of methoxy groups -OCH3 is 3. The van der Waals surface area contributed by atoms with E-state index in [1.54, 1.807) is 21.3 Å². The second kappa shape index (κ2) is 7.55. The van der Waals surface area contributed by atoms with Gasteiger partial charge in [-0.25, -0.2) is 0 Å². The lowest BCUT2D eigenvalue weighted by Gasteiger charge is -2.16. The molecule has 0 radical (unpaired) electrons. The van der Waals surface area contributed by atoms with Gasteiger partial charge in [0, 0.05) is 19.0 Å². The standard InChI is InChI=1S/C15H21NO3/c1-6-7-11(2)16-10-12-8-13(17-3)15(19-5)14(9-12)18-4/h1,8-9,11,16H,7,10H2,2-5H3. The molecule has 0 heterocycles. The molecule has 0 fully saturated rings. The van der Waals surface area contributed by atoms with Crippen molar-refractivity contribution in [1.29, 1.82) is 0 Å². The zero-order valence-electron chi connectivity index (χ0n) is 11.9. The molecule has 1 atom stereocenters. The number of hydrogen-bond acceptors (Lipinski definition) is 4. The van der Waals surface area contributed by atoms with Gasteiger partial charge in [0.15, 0.2) is 11.5 Å². The third kappa shape index (κ3) is 4.08. The average molecular weight is 263 g/mol. The van der Waals surface area contributed by atoms with Gasteiger partial charge < -0.3 is 19.5 Å². The second-order valence-corrected chi connectivity index (χ2v) is 4.22. The van der Waals surface area contributed by atoms with Crippen LogP contribution in [0.4, 0.5) is 0 Å². The molecule has 1 unspecified atom stereocenters. The summed E-state index contributed by atoms with van der Waals surface area (Å²) in [7, 11) is 4.80. The molecule has 104 valence electrons. The lowest BCUT2D eigenvalue weighted by Crippen LogP contribution is -2.24. The predicted molar refractivity (Wildman–Crippen MR) is 75.8 cm³/mol. The van der Waals surface area contributed by atoms with E-state index in [2.05, 4.69) is 18.2 Å². The van der Waals surface area contributed by atoms with Crippen LogP contribution in [-0.4, -0.2) is 27.4 Å². The Labute approximate surface area is 115 Å². The quantitative estimate of drug-likeness (QED) is 0.766. The molecule has 4 nitrogen and oxygen atoms in total. The number of ether oxygens (including phenoxy) is 3. The molecule has 1 rings (SSSR count). The van der Waals surface area contributed by atoms with Crippen molar-refractivity contribution in [2.45, 2.75) is 25.9 Å². The number of rotatable bonds is 7. The van der Waals surface area contributed by atoms with Crippen molar-refractivity contribution in [2.75, 3.05) is 21.3 Å². The van der Waals surface area contributed by atoms with Crippen LogP contribution in [-0.2, 0) is 6.54 Å². The highest BCUT2D eigenvalue weighted by molar-refractivity contribution is 5.53. The third-order valence-corrected chi connectivity index (χ3v) is 2.80. The molecule has 1 N–H and O–H groups in total. The van der Waals surface area contributed by atoms with Crippen LogP contribution >= 0.6 is 0 Å². The molecular weight excluding hydrogens is 242 g/mol. The first kappa shape index (κ1) is 15.2. The van der Waals surface area contributed by atoms with Gasteiger partial charge in [0.1, 0.15) is 0 Å². The number of nitrogens with one attached hydrogen (secondary N) is 1. The molecule has 0 aliphatic carbocycles. The monoisotopic (exact) mass is 263 g/mol. The molecule has 19 heavy (non-hydrogen) atoms. The SMILES string of the molecule is C#CCC(C)NCc1cc(OC)c(OC)c(OC)c1. The largest absolute Gasteiger partial charge is 0.493 e. The van der Waals surface area contributed by atoms with Gasteiger partial charge >= 0.3 is 0 Å². The maximum atomic E-state index is 5.31. The lowest BCUT2D eigenvalue weighted by atomic mass is 10.1. The van der Waals surface area contributed by atoms with Gasteiger partial charge in [-0.05, 0) is 24.6 Å². The highest BCUT2D eigenvalue weighted by atomic mass is 16.5. The van der Waals surface area contributed by atoms with Crippen molar-refractivity contribution < 1.29 is 14.2 Å². The summed E-state index contributed by atoms with van der Waals surface area (Å²) in [4.78, 5) is 0. The molecule has 0 aliphatic heterocycles. The van der Waals surface area contributed by atoms with Crippen LogP contribution in [0.1, 0.15) is 18.9 Å². The zero-order chi connectivity index (χ0) is 14.3. The van der Waals surface area contributed by atoms with Crippen molar-refractivity contribution in [3.8, 4) is 29.6 Å². The Kier molecular flexibility index (Phi) is 6.04. The Morgan fingerprint density at radius 1 is 1.16 bits per heavy atom. The molecule has 0 amide bonds. The van der Waals surface area contributed by atoms with Gasteiger partial charge in [0.05, 0.1) is 21.3 Å². The Balaban J connectivity index is 2.88. The summed E-state index contributed by atoms with van der Waals surface area (Å²) in [6.45, 7) is 2.75. The second-order valence-electron chi connectivity index (χ2n) is 4.22. The van der Waals surface area contributed by atoms with E-state index in [1.165, 1.54) is 0 Å².